The fourth-order valence-corrected chi connectivity index (χ4v) is 2.83. The van der Waals surface area contributed by atoms with Crippen LogP contribution in [-0.2, 0) is 12.8 Å². The van der Waals surface area contributed by atoms with E-state index in [0.717, 1.165) is 24.8 Å². The highest BCUT2D eigenvalue weighted by atomic mass is 19.2. The van der Waals surface area contributed by atoms with Crippen molar-refractivity contribution in [3.05, 3.63) is 34.8 Å². The number of nitrogen functional groups attached to an aromatic ring is 1. The molecule has 1 aliphatic carbocycles. The lowest BCUT2D eigenvalue weighted by molar-refractivity contribution is 0.505. The topological polar surface area (TPSA) is 50.9 Å². The third-order valence-corrected chi connectivity index (χ3v) is 3.78. The molecule has 0 atom stereocenters. The molecule has 6 heteroatoms. The lowest BCUT2D eigenvalue weighted by Gasteiger charge is -2.15. The molecule has 0 spiro atoms. The first-order valence-electron chi connectivity index (χ1n) is 6.59. The van der Waals surface area contributed by atoms with Gasteiger partial charge in [-0.3, -0.25) is 5.84 Å². The summed E-state index contributed by atoms with van der Waals surface area (Å²) in [6.07, 6.45) is 4.26. The molecule has 2 aromatic rings. The van der Waals surface area contributed by atoms with Crippen molar-refractivity contribution in [1.29, 1.82) is 0 Å². The van der Waals surface area contributed by atoms with Gasteiger partial charge in [0.15, 0.2) is 17.5 Å². The van der Waals surface area contributed by atoms with Crippen molar-refractivity contribution in [3.8, 4) is 0 Å². The number of rotatable bonds is 1. The normalized spacial score (nSPS) is 15.0. The van der Waals surface area contributed by atoms with Crippen LogP contribution in [0.3, 0.4) is 0 Å². The summed E-state index contributed by atoms with van der Waals surface area (Å²) in [4.78, 5) is 4.21. The Labute approximate surface area is 114 Å². The molecule has 106 valence electrons. The smallest absolute Gasteiger partial charge is 0.170 e. The summed E-state index contributed by atoms with van der Waals surface area (Å²) < 4.78 is 41.3. The number of anilines is 1. The number of halogens is 3. The molecule has 3 nitrogen and oxygen atoms in total. The van der Waals surface area contributed by atoms with E-state index in [1.165, 1.54) is 0 Å². The predicted molar refractivity (Wildman–Crippen MR) is 70.7 cm³/mol. The van der Waals surface area contributed by atoms with Crippen molar-refractivity contribution < 1.29 is 13.2 Å². The average Bonchev–Trinajstić information content (AvgIpc) is 2.67. The van der Waals surface area contributed by atoms with E-state index >= 15 is 0 Å². The Hall–Kier alpha value is -1.82. The highest BCUT2D eigenvalue weighted by Gasteiger charge is 2.23. The maximum absolute atomic E-state index is 14.0. The number of nitrogens with one attached hydrogen (secondary N) is 1. The molecule has 1 aromatic carbocycles. The van der Waals surface area contributed by atoms with E-state index in [9.17, 15) is 13.2 Å². The van der Waals surface area contributed by atoms with Gasteiger partial charge in [-0.15, -0.1) is 0 Å². The SMILES string of the molecule is NNc1c2c(nc3c(F)cc(F)c(F)c13)CCCCC2. The molecule has 3 N–H and O–H groups in total. The van der Waals surface area contributed by atoms with E-state index in [2.05, 4.69) is 10.4 Å². The Kier molecular flexibility index (Phi) is 3.25. The van der Waals surface area contributed by atoms with Crippen molar-refractivity contribution in [2.24, 2.45) is 5.84 Å². The van der Waals surface area contributed by atoms with Crippen LogP contribution in [0.1, 0.15) is 30.5 Å². The number of aromatic nitrogens is 1. The van der Waals surface area contributed by atoms with Gasteiger partial charge in [0.1, 0.15) is 5.52 Å². The van der Waals surface area contributed by atoms with E-state index in [1.54, 1.807) is 0 Å². The van der Waals surface area contributed by atoms with Crippen LogP contribution in [-0.4, -0.2) is 4.98 Å². The minimum absolute atomic E-state index is 0.169. The lowest BCUT2D eigenvalue weighted by Crippen LogP contribution is -2.14. The average molecular weight is 281 g/mol. The number of hydrogen-bond donors (Lipinski definition) is 2. The van der Waals surface area contributed by atoms with Crippen molar-refractivity contribution in [1.82, 2.24) is 4.98 Å². The van der Waals surface area contributed by atoms with Crippen molar-refractivity contribution in [2.45, 2.75) is 32.1 Å². The van der Waals surface area contributed by atoms with Crippen molar-refractivity contribution >= 4 is 16.6 Å². The monoisotopic (exact) mass is 281 g/mol. The summed E-state index contributed by atoms with van der Waals surface area (Å²) >= 11 is 0. The minimum atomic E-state index is -1.23. The van der Waals surface area contributed by atoms with Crippen LogP contribution in [0.2, 0.25) is 0 Å². The van der Waals surface area contributed by atoms with Crippen LogP contribution in [0.15, 0.2) is 6.07 Å². The Morgan fingerprint density at radius 1 is 1.05 bits per heavy atom. The maximum Gasteiger partial charge on any atom is 0.170 e. The van der Waals surface area contributed by atoms with E-state index in [1.807, 2.05) is 0 Å². The van der Waals surface area contributed by atoms with Gasteiger partial charge in [-0.2, -0.15) is 0 Å². The zero-order valence-electron chi connectivity index (χ0n) is 10.8. The summed E-state index contributed by atoms with van der Waals surface area (Å²) in [6.45, 7) is 0. The second-order valence-electron chi connectivity index (χ2n) is 4.99. The standard InChI is InChI=1S/C14H14F3N3/c15-8-6-9(16)14-11(12(8)17)13(20-18)7-4-2-1-3-5-10(7)19-14/h6H,1-5,18H2,(H,19,20). The first-order chi connectivity index (χ1) is 9.63. The lowest BCUT2D eigenvalue weighted by atomic mass is 10.0. The Morgan fingerprint density at radius 2 is 1.80 bits per heavy atom. The second-order valence-corrected chi connectivity index (χ2v) is 4.99. The molecule has 1 heterocycles. The van der Waals surface area contributed by atoms with Gasteiger partial charge >= 0.3 is 0 Å². The van der Waals surface area contributed by atoms with Crippen LogP contribution in [0, 0.1) is 17.5 Å². The number of nitrogens with zero attached hydrogens (tertiary/aromatic N) is 1. The van der Waals surface area contributed by atoms with E-state index in [4.69, 9.17) is 5.84 Å². The number of nitrogens with two attached hydrogens (primary N) is 1. The molecule has 1 aromatic heterocycles. The Morgan fingerprint density at radius 3 is 2.55 bits per heavy atom. The Balaban J connectivity index is 2.43. The number of benzene rings is 1. The Bertz CT molecular complexity index is 685. The highest BCUT2D eigenvalue weighted by Crippen LogP contribution is 2.35. The molecule has 0 bridgehead atoms. The van der Waals surface area contributed by atoms with Gasteiger partial charge < -0.3 is 5.43 Å². The molecule has 0 unspecified atom stereocenters. The summed E-state index contributed by atoms with van der Waals surface area (Å²) in [5, 5.41) is -0.203. The molecule has 0 saturated carbocycles. The molecule has 3 rings (SSSR count). The third-order valence-electron chi connectivity index (χ3n) is 3.78. The van der Waals surface area contributed by atoms with Gasteiger partial charge in [-0.05, 0) is 31.2 Å². The van der Waals surface area contributed by atoms with Gasteiger partial charge in [0.05, 0.1) is 11.1 Å². The summed E-state index contributed by atoms with van der Waals surface area (Å²) in [7, 11) is 0. The molecule has 0 aliphatic heterocycles. The quantitative estimate of drug-likeness (QED) is 0.365. The zero-order valence-corrected chi connectivity index (χ0v) is 10.8. The molecule has 0 fully saturated rings. The molecule has 20 heavy (non-hydrogen) atoms. The zero-order chi connectivity index (χ0) is 14.3. The third kappa shape index (κ3) is 1.91. The van der Waals surface area contributed by atoms with Crippen LogP contribution >= 0.6 is 0 Å². The molecular weight excluding hydrogens is 267 g/mol. The number of hydrazine groups is 1. The maximum atomic E-state index is 14.0. The summed E-state index contributed by atoms with van der Waals surface area (Å²) in [5.74, 6) is 2.25. The van der Waals surface area contributed by atoms with Crippen LogP contribution in [0.5, 0.6) is 0 Å². The van der Waals surface area contributed by atoms with Crippen molar-refractivity contribution in [2.75, 3.05) is 5.43 Å². The van der Waals surface area contributed by atoms with Gasteiger partial charge in [0.25, 0.3) is 0 Å². The predicted octanol–water partition coefficient (Wildman–Crippen LogP) is 3.21. The number of pyridine rings is 1. The molecular formula is C14H14F3N3. The molecule has 0 radical (unpaired) electrons. The largest absolute Gasteiger partial charge is 0.323 e. The fraction of sp³-hybridized carbons (Fsp3) is 0.357. The second kappa shape index (κ2) is 4.94. The van der Waals surface area contributed by atoms with Gasteiger partial charge in [-0.25, -0.2) is 18.2 Å². The molecule has 1 aliphatic rings. The van der Waals surface area contributed by atoms with Crippen molar-refractivity contribution in [3.63, 3.8) is 0 Å². The number of aryl methyl sites for hydroxylation is 1. The molecule has 0 amide bonds. The first-order valence-corrected chi connectivity index (χ1v) is 6.59. The van der Waals surface area contributed by atoms with Gasteiger partial charge in [0, 0.05) is 11.8 Å². The van der Waals surface area contributed by atoms with Crippen LogP contribution in [0.25, 0.3) is 10.9 Å². The van der Waals surface area contributed by atoms with E-state index in [0.29, 0.717) is 24.6 Å². The fourth-order valence-electron chi connectivity index (χ4n) is 2.83. The van der Waals surface area contributed by atoms with E-state index in [-0.39, 0.29) is 16.6 Å². The van der Waals surface area contributed by atoms with Crippen LogP contribution in [0.4, 0.5) is 18.9 Å². The first kappa shape index (κ1) is 13.2. The highest BCUT2D eigenvalue weighted by molar-refractivity contribution is 5.94. The van der Waals surface area contributed by atoms with Crippen LogP contribution < -0.4 is 11.3 Å². The summed E-state index contributed by atoms with van der Waals surface area (Å²) in [5.41, 5.74) is 3.97. The summed E-state index contributed by atoms with van der Waals surface area (Å²) in [6, 6.07) is 0.522. The minimum Gasteiger partial charge on any atom is -0.323 e. The number of fused-ring (bicyclic) bond motifs is 2. The van der Waals surface area contributed by atoms with Gasteiger partial charge in [-0.1, -0.05) is 6.42 Å². The number of hydrogen-bond acceptors (Lipinski definition) is 3. The van der Waals surface area contributed by atoms with E-state index < -0.39 is 17.5 Å². The molecule has 0 saturated heterocycles. The van der Waals surface area contributed by atoms with Gasteiger partial charge in [0.2, 0.25) is 0 Å².